The molecule has 0 aromatic rings. The summed E-state index contributed by atoms with van der Waals surface area (Å²) in [6, 6.07) is -0.0926. The first kappa shape index (κ1) is 9.99. The quantitative estimate of drug-likeness (QED) is 0.435. The van der Waals surface area contributed by atoms with E-state index in [0.29, 0.717) is 0 Å². The van der Waals surface area contributed by atoms with Crippen molar-refractivity contribution in [1.82, 2.24) is 6.15 Å². The maximum absolute atomic E-state index is 8.50. The Morgan fingerprint density at radius 1 is 1.43 bits per heavy atom. The maximum atomic E-state index is 8.50. The standard InChI is InChI=1S/C4H11NO.H3N/c1-3(5)4(2)6;/h3-4,6H,5H2,1-2H3;1H3. The first-order valence-corrected chi connectivity index (χ1v) is 2.08. The van der Waals surface area contributed by atoms with Gasteiger partial charge in [-0.1, -0.05) is 0 Å². The van der Waals surface area contributed by atoms with E-state index in [4.69, 9.17) is 10.8 Å². The summed E-state index contributed by atoms with van der Waals surface area (Å²) in [7, 11) is 0. The predicted molar refractivity (Wildman–Crippen MR) is 30.4 cm³/mol. The van der Waals surface area contributed by atoms with Crippen LogP contribution < -0.4 is 11.9 Å². The van der Waals surface area contributed by atoms with Crippen LogP contribution in [0, 0.1) is 0 Å². The number of nitrogens with two attached hydrogens (primary N) is 1. The molecule has 0 rings (SSSR count). The second-order valence-electron chi connectivity index (χ2n) is 1.60. The summed E-state index contributed by atoms with van der Waals surface area (Å²) in [4.78, 5) is 0. The summed E-state index contributed by atoms with van der Waals surface area (Å²) in [5.74, 6) is 0. The van der Waals surface area contributed by atoms with Crippen LogP contribution in [0.2, 0.25) is 0 Å². The van der Waals surface area contributed by atoms with Crippen molar-refractivity contribution in [2.24, 2.45) is 5.73 Å². The summed E-state index contributed by atoms with van der Waals surface area (Å²) < 4.78 is 0. The molecule has 6 N–H and O–H groups in total. The molecule has 0 aliphatic rings. The van der Waals surface area contributed by atoms with E-state index < -0.39 is 0 Å². The van der Waals surface area contributed by atoms with E-state index >= 15 is 0 Å². The van der Waals surface area contributed by atoms with Gasteiger partial charge in [-0.15, -0.1) is 0 Å². The molecule has 0 aliphatic carbocycles. The van der Waals surface area contributed by atoms with Crippen LogP contribution in [0.25, 0.3) is 0 Å². The fourth-order valence-electron chi connectivity index (χ4n) is 0. The monoisotopic (exact) mass is 106 g/mol. The average molecular weight is 106 g/mol. The van der Waals surface area contributed by atoms with Crippen molar-refractivity contribution in [3.63, 3.8) is 0 Å². The van der Waals surface area contributed by atoms with Crippen LogP contribution in [0.5, 0.6) is 0 Å². The molecule has 7 heavy (non-hydrogen) atoms. The Hall–Kier alpha value is -0.120. The Bertz CT molecular complexity index is 30.7. The molecule has 0 radical (unpaired) electrons. The molecule has 3 nitrogen and oxygen atoms in total. The number of hydrogen-bond donors (Lipinski definition) is 3. The highest BCUT2D eigenvalue weighted by Gasteiger charge is 1.97. The van der Waals surface area contributed by atoms with E-state index in [-0.39, 0.29) is 18.3 Å². The lowest BCUT2D eigenvalue weighted by molar-refractivity contribution is 0.170. The maximum Gasteiger partial charge on any atom is 0.0660 e. The van der Waals surface area contributed by atoms with Crippen molar-refractivity contribution in [3.05, 3.63) is 0 Å². The SMILES string of the molecule is CC(N)C(C)O.N. The first-order chi connectivity index (χ1) is 2.64. The summed E-state index contributed by atoms with van der Waals surface area (Å²) in [6.07, 6.45) is -0.370. The van der Waals surface area contributed by atoms with Crippen LogP contribution in [0.4, 0.5) is 0 Å². The molecule has 0 saturated heterocycles. The number of hydrogen-bond acceptors (Lipinski definition) is 3. The van der Waals surface area contributed by atoms with Crippen molar-refractivity contribution in [1.29, 1.82) is 0 Å². The molecule has 3 heteroatoms. The van der Waals surface area contributed by atoms with Crippen LogP contribution in [0.15, 0.2) is 0 Å². The topological polar surface area (TPSA) is 81.2 Å². The van der Waals surface area contributed by atoms with Gasteiger partial charge in [0.25, 0.3) is 0 Å². The van der Waals surface area contributed by atoms with Crippen molar-refractivity contribution >= 4 is 0 Å². The highest BCUT2D eigenvalue weighted by Crippen LogP contribution is 1.81. The highest BCUT2D eigenvalue weighted by atomic mass is 16.3. The third-order valence-electron chi connectivity index (χ3n) is 0.761. The summed E-state index contributed by atoms with van der Waals surface area (Å²) >= 11 is 0. The second kappa shape index (κ2) is 4.05. The lowest BCUT2D eigenvalue weighted by atomic mass is 10.2. The van der Waals surface area contributed by atoms with Crippen LogP contribution in [0.1, 0.15) is 13.8 Å². The fourth-order valence-corrected chi connectivity index (χ4v) is 0. The van der Waals surface area contributed by atoms with Gasteiger partial charge in [-0.05, 0) is 13.8 Å². The van der Waals surface area contributed by atoms with Gasteiger partial charge in [-0.2, -0.15) is 0 Å². The van der Waals surface area contributed by atoms with E-state index in [1.165, 1.54) is 0 Å². The van der Waals surface area contributed by atoms with Crippen molar-refractivity contribution < 1.29 is 5.11 Å². The van der Waals surface area contributed by atoms with Gasteiger partial charge in [0.1, 0.15) is 0 Å². The Morgan fingerprint density at radius 3 is 1.57 bits per heavy atom. The molecule has 0 aromatic carbocycles. The third-order valence-corrected chi connectivity index (χ3v) is 0.761. The van der Waals surface area contributed by atoms with Crippen molar-refractivity contribution in [2.75, 3.05) is 0 Å². The third kappa shape index (κ3) is 5.88. The van der Waals surface area contributed by atoms with Gasteiger partial charge in [0.15, 0.2) is 0 Å². The van der Waals surface area contributed by atoms with Crippen LogP contribution in [0.3, 0.4) is 0 Å². The molecule has 0 saturated carbocycles. The van der Waals surface area contributed by atoms with E-state index in [1.54, 1.807) is 13.8 Å². The molecule has 46 valence electrons. The zero-order valence-electron chi connectivity index (χ0n) is 4.89. The van der Waals surface area contributed by atoms with Crippen LogP contribution >= 0.6 is 0 Å². The van der Waals surface area contributed by atoms with Gasteiger partial charge in [0.2, 0.25) is 0 Å². The molecule has 0 spiro atoms. The molecular weight excluding hydrogens is 92.1 g/mol. The molecule has 2 atom stereocenters. The summed E-state index contributed by atoms with van der Waals surface area (Å²) in [6.45, 7) is 3.44. The van der Waals surface area contributed by atoms with Crippen LogP contribution in [-0.2, 0) is 0 Å². The Morgan fingerprint density at radius 2 is 1.57 bits per heavy atom. The minimum atomic E-state index is -0.370. The van der Waals surface area contributed by atoms with E-state index in [9.17, 15) is 0 Å². The van der Waals surface area contributed by atoms with Gasteiger partial charge >= 0.3 is 0 Å². The summed E-state index contributed by atoms with van der Waals surface area (Å²) in [5, 5.41) is 8.50. The molecular formula is C4H14N2O. The molecule has 0 amide bonds. The fraction of sp³-hybridized carbons (Fsp3) is 1.00. The lowest BCUT2D eigenvalue weighted by Gasteiger charge is -2.04. The minimum Gasteiger partial charge on any atom is -0.392 e. The van der Waals surface area contributed by atoms with Crippen molar-refractivity contribution in [3.8, 4) is 0 Å². The first-order valence-electron chi connectivity index (χ1n) is 2.08. The van der Waals surface area contributed by atoms with Gasteiger partial charge in [-0.25, -0.2) is 0 Å². The minimum absolute atomic E-state index is 0. The smallest absolute Gasteiger partial charge is 0.0660 e. The van der Waals surface area contributed by atoms with Gasteiger partial charge in [0.05, 0.1) is 6.10 Å². The normalized spacial score (nSPS) is 17.1. The number of aliphatic hydroxyl groups excluding tert-OH is 1. The predicted octanol–water partition coefficient (Wildman–Crippen LogP) is -0.124. The zero-order chi connectivity index (χ0) is 5.15. The zero-order valence-corrected chi connectivity index (χ0v) is 4.89. The molecule has 0 heterocycles. The molecule has 0 aliphatic heterocycles. The van der Waals surface area contributed by atoms with Crippen LogP contribution in [-0.4, -0.2) is 17.3 Å². The van der Waals surface area contributed by atoms with E-state index in [0.717, 1.165) is 0 Å². The van der Waals surface area contributed by atoms with Gasteiger partial charge in [0, 0.05) is 6.04 Å². The van der Waals surface area contributed by atoms with E-state index in [2.05, 4.69) is 0 Å². The molecule has 0 fully saturated rings. The molecule has 0 aromatic heterocycles. The highest BCUT2D eigenvalue weighted by molar-refractivity contribution is 4.57. The Balaban J connectivity index is 0. The average Bonchev–Trinajstić information content (AvgIpc) is 1.36. The molecule has 0 bridgehead atoms. The summed E-state index contributed by atoms with van der Waals surface area (Å²) in [5.41, 5.74) is 5.19. The number of aliphatic hydroxyl groups is 1. The lowest BCUT2D eigenvalue weighted by Crippen LogP contribution is -2.28. The number of rotatable bonds is 1. The largest absolute Gasteiger partial charge is 0.392 e. The van der Waals surface area contributed by atoms with Gasteiger partial charge < -0.3 is 17.0 Å². The Kier molecular flexibility index (Phi) is 5.78. The second-order valence-corrected chi connectivity index (χ2v) is 1.60. The van der Waals surface area contributed by atoms with Gasteiger partial charge in [-0.3, -0.25) is 0 Å². The Labute approximate surface area is 44.1 Å². The molecule has 2 unspecified atom stereocenters. The van der Waals surface area contributed by atoms with E-state index in [1.807, 2.05) is 0 Å². The van der Waals surface area contributed by atoms with Crippen molar-refractivity contribution in [2.45, 2.75) is 26.0 Å².